The topological polar surface area (TPSA) is 20.2 Å². The first-order chi connectivity index (χ1) is 15.6. The van der Waals surface area contributed by atoms with Crippen LogP contribution in [0.3, 0.4) is 0 Å². The molecule has 0 radical (unpaired) electrons. The van der Waals surface area contributed by atoms with Gasteiger partial charge in [-0.25, -0.2) is 0 Å². The van der Waals surface area contributed by atoms with Gasteiger partial charge in [0.05, 0.1) is 0 Å². The van der Waals surface area contributed by atoms with Crippen LogP contribution in [0.1, 0.15) is 153 Å². The van der Waals surface area contributed by atoms with Crippen LogP contribution in [0.25, 0.3) is 0 Å². The van der Waals surface area contributed by atoms with Crippen molar-refractivity contribution >= 4 is 0 Å². The smallest absolute Gasteiger partial charge is 0.0431 e. The molecule has 4 rings (SSSR count). The zero-order valence-electron chi connectivity index (χ0n) is 24.2. The fourth-order valence-corrected chi connectivity index (χ4v) is 8.38. The summed E-state index contributed by atoms with van der Waals surface area (Å²) in [6.45, 7) is 21.8. The third-order valence-electron chi connectivity index (χ3n) is 9.74. The number of hydrogen-bond donors (Lipinski definition) is 1. The highest BCUT2D eigenvalue weighted by molar-refractivity contribution is 5.08. The first-order valence-corrected chi connectivity index (χ1v) is 15.2. The summed E-state index contributed by atoms with van der Waals surface area (Å²) in [6, 6.07) is 0. The van der Waals surface area contributed by atoms with Crippen LogP contribution >= 0.6 is 0 Å². The van der Waals surface area contributed by atoms with Gasteiger partial charge in [-0.3, -0.25) is 0 Å². The van der Waals surface area contributed by atoms with Crippen LogP contribution in [-0.4, -0.2) is 11.7 Å². The van der Waals surface area contributed by atoms with Crippen molar-refractivity contribution in [2.75, 3.05) is 6.61 Å². The molecule has 0 aromatic carbocycles. The third kappa shape index (κ3) is 6.76. The van der Waals surface area contributed by atoms with Crippen LogP contribution in [-0.2, 0) is 0 Å². The standard InChI is InChI=1S/C23H40O.4C2H6/c1-22-14-5-3-7-17(22)9-11-19-20-12-10-18(8-4-6-16-24)23(20,2)15-13-21(19)22;4*1-2/h17-21,24H,3-16H2,1-2H3;4*1-2H3. The summed E-state index contributed by atoms with van der Waals surface area (Å²) < 4.78 is 0. The molecule has 4 fully saturated rings. The third-order valence-corrected chi connectivity index (χ3v) is 9.74. The Hall–Kier alpha value is -0.0400. The fourth-order valence-electron chi connectivity index (χ4n) is 8.38. The fraction of sp³-hybridized carbons (Fsp3) is 1.00. The molecular weight excluding hydrogens is 388 g/mol. The minimum atomic E-state index is 0.386. The van der Waals surface area contributed by atoms with Gasteiger partial charge in [-0.1, -0.05) is 88.5 Å². The average molecular weight is 453 g/mol. The maximum atomic E-state index is 9.13. The van der Waals surface area contributed by atoms with Crippen molar-refractivity contribution in [2.45, 2.75) is 153 Å². The molecule has 32 heavy (non-hydrogen) atoms. The Kier molecular flexibility index (Phi) is 16.5. The predicted molar refractivity (Wildman–Crippen MR) is 146 cm³/mol. The van der Waals surface area contributed by atoms with Gasteiger partial charge >= 0.3 is 0 Å². The summed E-state index contributed by atoms with van der Waals surface area (Å²) in [4.78, 5) is 0. The van der Waals surface area contributed by atoms with Crippen LogP contribution in [0.2, 0.25) is 0 Å². The highest BCUT2D eigenvalue weighted by atomic mass is 16.2. The molecule has 4 saturated carbocycles. The van der Waals surface area contributed by atoms with E-state index in [1.54, 1.807) is 12.8 Å². The highest BCUT2D eigenvalue weighted by Crippen LogP contribution is 2.67. The molecule has 4 aliphatic carbocycles. The van der Waals surface area contributed by atoms with Gasteiger partial charge in [0.25, 0.3) is 0 Å². The summed E-state index contributed by atoms with van der Waals surface area (Å²) in [5.41, 5.74) is 1.33. The lowest BCUT2D eigenvalue weighted by Crippen LogP contribution is -2.52. The summed E-state index contributed by atoms with van der Waals surface area (Å²) in [6.07, 6.45) is 18.8. The molecule has 0 aliphatic heterocycles. The minimum absolute atomic E-state index is 0.386. The van der Waals surface area contributed by atoms with Crippen molar-refractivity contribution in [2.24, 2.45) is 40.4 Å². The van der Waals surface area contributed by atoms with Crippen molar-refractivity contribution in [3.63, 3.8) is 0 Å². The number of fused-ring (bicyclic) bond motifs is 5. The van der Waals surface area contributed by atoms with Crippen LogP contribution in [0.4, 0.5) is 0 Å². The van der Waals surface area contributed by atoms with Gasteiger partial charge in [-0.15, -0.1) is 0 Å². The van der Waals surface area contributed by atoms with Crippen LogP contribution in [0, 0.1) is 40.4 Å². The van der Waals surface area contributed by atoms with Gasteiger partial charge in [0, 0.05) is 6.61 Å². The normalized spacial score (nSPS) is 38.9. The molecule has 0 aromatic heterocycles. The second-order valence-corrected chi connectivity index (χ2v) is 10.4. The zero-order chi connectivity index (χ0) is 24.8. The second-order valence-electron chi connectivity index (χ2n) is 10.4. The molecule has 0 saturated heterocycles. The molecule has 0 bridgehead atoms. The minimum Gasteiger partial charge on any atom is -0.396 e. The number of aliphatic hydroxyl groups is 1. The predicted octanol–water partition coefficient (Wildman–Crippen LogP) is 10.3. The first-order valence-electron chi connectivity index (χ1n) is 15.2. The van der Waals surface area contributed by atoms with E-state index in [1.165, 1.54) is 64.2 Å². The van der Waals surface area contributed by atoms with Gasteiger partial charge in [0.1, 0.15) is 0 Å². The zero-order valence-corrected chi connectivity index (χ0v) is 24.2. The van der Waals surface area contributed by atoms with E-state index < -0.39 is 0 Å². The number of aliphatic hydroxyl groups excluding tert-OH is 1. The van der Waals surface area contributed by atoms with E-state index in [9.17, 15) is 0 Å². The first kappa shape index (κ1) is 32.0. The largest absolute Gasteiger partial charge is 0.396 e. The average Bonchev–Trinajstić information content (AvgIpc) is 3.20. The van der Waals surface area contributed by atoms with Gasteiger partial charge < -0.3 is 5.11 Å². The molecule has 0 amide bonds. The van der Waals surface area contributed by atoms with E-state index in [0.29, 0.717) is 17.4 Å². The van der Waals surface area contributed by atoms with Gasteiger partial charge in [0.15, 0.2) is 0 Å². The van der Waals surface area contributed by atoms with Gasteiger partial charge in [-0.2, -0.15) is 0 Å². The van der Waals surface area contributed by atoms with Crippen LogP contribution in [0.5, 0.6) is 0 Å². The van der Waals surface area contributed by atoms with Crippen LogP contribution in [0.15, 0.2) is 0 Å². The Bertz CT molecular complexity index is 446. The van der Waals surface area contributed by atoms with E-state index in [1.807, 2.05) is 55.4 Å². The molecular formula is C31H64O. The van der Waals surface area contributed by atoms with Crippen molar-refractivity contribution in [1.82, 2.24) is 0 Å². The summed E-state index contributed by atoms with van der Waals surface area (Å²) in [5, 5.41) is 9.13. The second kappa shape index (κ2) is 16.6. The Morgan fingerprint density at radius 1 is 0.625 bits per heavy atom. The van der Waals surface area contributed by atoms with E-state index in [0.717, 1.165) is 36.0 Å². The summed E-state index contributed by atoms with van der Waals surface area (Å²) >= 11 is 0. The van der Waals surface area contributed by atoms with Crippen molar-refractivity contribution < 1.29 is 5.11 Å². The number of hydrogen-bond acceptors (Lipinski definition) is 1. The van der Waals surface area contributed by atoms with Crippen molar-refractivity contribution in [3.05, 3.63) is 0 Å². The molecule has 7 atom stereocenters. The Morgan fingerprint density at radius 2 is 1.25 bits per heavy atom. The van der Waals surface area contributed by atoms with E-state index >= 15 is 0 Å². The number of rotatable bonds is 4. The Morgan fingerprint density at radius 3 is 1.88 bits per heavy atom. The Balaban J connectivity index is 0.00000109. The van der Waals surface area contributed by atoms with E-state index in [4.69, 9.17) is 5.11 Å². The quantitative estimate of drug-likeness (QED) is 0.420. The van der Waals surface area contributed by atoms with Crippen LogP contribution < -0.4 is 0 Å². The van der Waals surface area contributed by atoms with Crippen molar-refractivity contribution in [1.29, 1.82) is 0 Å². The SMILES string of the molecule is CC.CC.CC.CC.CC12CCCCC1CCC1C2CCC2(C)C(CCCCO)CCC12. The highest BCUT2D eigenvalue weighted by Gasteiger charge is 2.59. The summed E-state index contributed by atoms with van der Waals surface area (Å²) in [7, 11) is 0. The van der Waals surface area contributed by atoms with Gasteiger partial charge in [-0.05, 0) is 105 Å². The molecule has 4 aliphatic rings. The number of unbranched alkanes of at least 4 members (excludes halogenated alkanes) is 1. The maximum absolute atomic E-state index is 9.13. The van der Waals surface area contributed by atoms with E-state index in [-0.39, 0.29) is 0 Å². The Labute approximate surface area is 204 Å². The molecule has 1 N–H and O–H groups in total. The lowest BCUT2D eigenvalue weighted by atomic mass is 9.45. The van der Waals surface area contributed by atoms with Gasteiger partial charge in [0.2, 0.25) is 0 Å². The molecule has 1 nitrogen and oxygen atoms in total. The maximum Gasteiger partial charge on any atom is 0.0431 e. The lowest BCUT2D eigenvalue weighted by Gasteiger charge is -2.60. The molecule has 0 heterocycles. The lowest BCUT2D eigenvalue weighted by molar-refractivity contribution is -0.111. The molecule has 0 aromatic rings. The molecule has 194 valence electrons. The monoisotopic (exact) mass is 452 g/mol. The van der Waals surface area contributed by atoms with Crippen molar-refractivity contribution in [3.8, 4) is 0 Å². The van der Waals surface area contributed by atoms with E-state index in [2.05, 4.69) is 13.8 Å². The summed E-state index contributed by atoms with van der Waals surface area (Å²) in [5.74, 6) is 5.12. The molecule has 0 spiro atoms. The molecule has 7 unspecified atom stereocenters. The molecule has 1 heteroatoms.